The zero-order valence-electron chi connectivity index (χ0n) is 22.2. The van der Waals surface area contributed by atoms with Crippen LogP contribution in [0.15, 0.2) is 73.1 Å². The van der Waals surface area contributed by atoms with Gasteiger partial charge < -0.3 is 25.0 Å². The van der Waals surface area contributed by atoms with Crippen molar-refractivity contribution in [1.82, 2.24) is 4.98 Å². The molecule has 1 atom stereocenters. The van der Waals surface area contributed by atoms with Crippen LogP contribution in [0.25, 0.3) is 28.4 Å². The lowest BCUT2D eigenvalue weighted by Gasteiger charge is -2.27. The predicted molar refractivity (Wildman–Crippen MR) is 156 cm³/mol. The number of fused-ring (bicyclic) bond motifs is 4. The lowest BCUT2D eigenvalue weighted by atomic mass is 9.78. The van der Waals surface area contributed by atoms with Crippen molar-refractivity contribution in [3.63, 3.8) is 0 Å². The van der Waals surface area contributed by atoms with Gasteiger partial charge in [-0.2, -0.15) is 0 Å². The van der Waals surface area contributed by atoms with Crippen molar-refractivity contribution >= 4 is 28.4 Å². The number of aliphatic hydroxyl groups is 2. The summed E-state index contributed by atoms with van der Waals surface area (Å²) in [5.41, 5.74) is -5.89. The fraction of sp³-hybridized carbons (Fsp3) is 0.156. The summed E-state index contributed by atoms with van der Waals surface area (Å²) in [6.45, 7) is 5.16. The van der Waals surface area contributed by atoms with Gasteiger partial charge in [0.2, 0.25) is 16.3 Å². The van der Waals surface area contributed by atoms with E-state index in [2.05, 4.69) is 11.6 Å². The summed E-state index contributed by atoms with van der Waals surface area (Å²) < 4.78 is 5.21. The number of phenols is 1. The summed E-state index contributed by atoms with van der Waals surface area (Å²) in [5, 5.41) is 32.1. The number of pyridine rings is 1. The quantitative estimate of drug-likeness (QED) is 0.200. The van der Waals surface area contributed by atoms with Gasteiger partial charge in [0.05, 0.1) is 26.3 Å². The number of nitrogens with one attached hydrogen (secondary N) is 1. The van der Waals surface area contributed by atoms with Crippen molar-refractivity contribution < 1.29 is 20.1 Å². The highest BCUT2D eigenvalue weighted by Crippen LogP contribution is 2.54. The van der Waals surface area contributed by atoms with E-state index < -0.39 is 76.6 Å². The number of ether oxygens (including phenoxy) is 1. The van der Waals surface area contributed by atoms with E-state index in [1.54, 1.807) is 30.4 Å². The fourth-order valence-corrected chi connectivity index (χ4v) is 6.23. The maximum Gasteiger partial charge on any atom is 0.260 e. The van der Waals surface area contributed by atoms with Crippen LogP contribution in [0.2, 0.25) is 0 Å². The molecule has 1 aromatic heterocycles. The van der Waals surface area contributed by atoms with Crippen molar-refractivity contribution in [2.24, 2.45) is 0 Å². The van der Waals surface area contributed by atoms with Crippen LogP contribution < -0.4 is 42.4 Å². The van der Waals surface area contributed by atoms with E-state index in [0.29, 0.717) is 16.6 Å². The molecule has 0 fully saturated rings. The van der Waals surface area contributed by atoms with Crippen LogP contribution in [-0.4, -0.2) is 26.9 Å². The van der Waals surface area contributed by atoms with Gasteiger partial charge in [-0.1, -0.05) is 36.9 Å². The van der Waals surface area contributed by atoms with E-state index in [-0.39, 0.29) is 30.4 Å². The first-order valence-corrected chi connectivity index (χ1v) is 13.1. The van der Waals surface area contributed by atoms with Crippen LogP contribution in [0.1, 0.15) is 30.2 Å². The van der Waals surface area contributed by atoms with Gasteiger partial charge in [-0.3, -0.25) is 24.0 Å². The average Bonchev–Trinajstić information content (AvgIpc) is 3.44. The SMILES string of the molecule is C=CCOc1cc(=O)c2c(=O)c3c(c(=O)c=2c1=O)=C(O)C1(CCc2cc4cc(/C=C/C=C/C)[nH]c(=O)c4c(O)c21)C=3O. The number of phenolic OH excluding ortho intramolecular Hbond substituents is 1. The van der Waals surface area contributed by atoms with Crippen LogP contribution in [0.3, 0.4) is 0 Å². The lowest BCUT2D eigenvalue weighted by Crippen LogP contribution is -2.52. The van der Waals surface area contributed by atoms with Gasteiger partial charge in [-0.05, 0) is 42.9 Å². The third-order valence-corrected chi connectivity index (χ3v) is 7.99. The highest BCUT2D eigenvalue weighted by molar-refractivity contribution is 5.94. The minimum atomic E-state index is -1.95. The molecule has 4 N–H and O–H groups in total. The molecule has 0 bridgehead atoms. The molecule has 4 aliphatic carbocycles. The molecule has 210 valence electrons. The number of aromatic amines is 1. The maximum atomic E-state index is 13.7. The van der Waals surface area contributed by atoms with Crippen molar-refractivity contribution in [2.75, 3.05) is 6.61 Å². The molecule has 1 spiro atoms. The minimum absolute atomic E-state index is 0.0357. The summed E-state index contributed by atoms with van der Waals surface area (Å²) in [5.74, 6) is -2.49. The second-order valence-electron chi connectivity index (χ2n) is 10.2. The van der Waals surface area contributed by atoms with Crippen molar-refractivity contribution in [2.45, 2.75) is 25.2 Å². The third-order valence-electron chi connectivity index (χ3n) is 7.99. The van der Waals surface area contributed by atoms with Gasteiger partial charge in [0, 0.05) is 17.3 Å². The topological polar surface area (TPSA) is 171 Å². The Bertz CT molecular complexity index is 2430. The number of aryl methyl sites for hydroxylation is 1. The van der Waals surface area contributed by atoms with E-state index in [9.17, 15) is 39.3 Å². The van der Waals surface area contributed by atoms with E-state index in [4.69, 9.17) is 4.74 Å². The standard InChI is InChI=1S/C32H23NO9/c1-3-5-6-7-16-12-15-11-14-8-9-32(24(14)28(38)19(15)31(41)33-16)29(39)22-23(30(32)40)27(37)21-20(26(22)36)17(34)13-18(25(21)35)42-10-4-2/h3-7,11-13,38-40H,2,8-10H2,1H3,(H,33,41)/b5-3+,7-6+. The van der Waals surface area contributed by atoms with Gasteiger partial charge in [-0.15, -0.1) is 0 Å². The van der Waals surface area contributed by atoms with Gasteiger partial charge in [0.1, 0.15) is 29.3 Å². The molecule has 4 aliphatic rings. The Morgan fingerprint density at radius 3 is 2.29 bits per heavy atom. The molecule has 0 saturated heterocycles. The second-order valence-corrected chi connectivity index (χ2v) is 10.2. The minimum Gasteiger partial charge on any atom is -0.510 e. The van der Waals surface area contributed by atoms with Crippen molar-refractivity contribution in [3.05, 3.63) is 138 Å². The number of benzene rings is 1. The molecular weight excluding hydrogens is 542 g/mol. The molecule has 42 heavy (non-hydrogen) atoms. The molecule has 0 aliphatic heterocycles. The number of hydrogen-bond acceptors (Lipinski definition) is 9. The smallest absolute Gasteiger partial charge is 0.260 e. The fourth-order valence-electron chi connectivity index (χ4n) is 6.23. The zero-order chi connectivity index (χ0) is 30.1. The highest BCUT2D eigenvalue weighted by Gasteiger charge is 2.53. The van der Waals surface area contributed by atoms with Crippen LogP contribution in [0.4, 0.5) is 0 Å². The maximum absolute atomic E-state index is 13.7. The number of aromatic nitrogens is 1. The van der Waals surface area contributed by atoms with Gasteiger partial charge in [-0.25, -0.2) is 0 Å². The third kappa shape index (κ3) is 3.35. The first kappa shape index (κ1) is 26.7. The largest absolute Gasteiger partial charge is 0.510 e. The predicted octanol–water partition coefficient (Wildman–Crippen LogP) is 0.659. The van der Waals surface area contributed by atoms with Crippen LogP contribution in [0.5, 0.6) is 11.5 Å². The van der Waals surface area contributed by atoms with Crippen molar-refractivity contribution in [3.8, 4) is 11.5 Å². The van der Waals surface area contributed by atoms with E-state index >= 15 is 0 Å². The van der Waals surface area contributed by atoms with Crippen LogP contribution >= 0.6 is 0 Å². The number of aromatic hydroxyl groups is 1. The monoisotopic (exact) mass is 565 g/mol. The Morgan fingerprint density at radius 2 is 1.62 bits per heavy atom. The molecule has 1 heterocycles. The van der Waals surface area contributed by atoms with E-state index in [1.807, 2.05) is 13.0 Å². The summed E-state index contributed by atoms with van der Waals surface area (Å²) >= 11 is 0. The average molecular weight is 566 g/mol. The summed E-state index contributed by atoms with van der Waals surface area (Å²) in [7, 11) is 0. The molecule has 10 nitrogen and oxygen atoms in total. The Morgan fingerprint density at radius 1 is 0.929 bits per heavy atom. The normalized spacial score (nSPS) is 17.7. The van der Waals surface area contributed by atoms with Crippen LogP contribution in [0, 0.1) is 10.4 Å². The zero-order valence-corrected chi connectivity index (χ0v) is 22.2. The highest BCUT2D eigenvalue weighted by atomic mass is 16.5. The Hall–Kier alpha value is -5.51. The Labute approximate surface area is 234 Å². The molecule has 0 amide bonds. The molecular formula is C32H23NO9. The number of aliphatic hydroxyl groups excluding tert-OH is 2. The summed E-state index contributed by atoms with van der Waals surface area (Å²) in [6.07, 6.45) is 8.45. The van der Waals surface area contributed by atoms with Crippen LogP contribution in [-0.2, 0) is 11.8 Å². The molecule has 1 aromatic carbocycles. The molecule has 0 radical (unpaired) electrons. The summed E-state index contributed by atoms with van der Waals surface area (Å²) in [6, 6.07) is 4.10. The first-order chi connectivity index (χ1) is 20.1. The molecule has 2 aromatic rings. The Kier molecular flexibility index (Phi) is 5.89. The lowest BCUT2D eigenvalue weighted by molar-refractivity contribution is 0.359. The van der Waals surface area contributed by atoms with E-state index in [1.165, 1.54) is 6.08 Å². The van der Waals surface area contributed by atoms with Gasteiger partial charge in [0.25, 0.3) is 5.56 Å². The number of rotatable bonds is 5. The van der Waals surface area contributed by atoms with E-state index in [0.717, 1.165) is 6.07 Å². The van der Waals surface area contributed by atoms with Gasteiger partial charge in [0.15, 0.2) is 11.2 Å². The second kappa shape index (κ2) is 9.27. The summed E-state index contributed by atoms with van der Waals surface area (Å²) in [4.78, 5) is 69.1. The number of allylic oxidation sites excluding steroid dienone is 3. The van der Waals surface area contributed by atoms with Crippen molar-refractivity contribution in [1.29, 1.82) is 0 Å². The molecule has 6 rings (SSSR count). The number of hydrogen-bond donors (Lipinski definition) is 4. The van der Waals surface area contributed by atoms with Gasteiger partial charge >= 0.3 is 0 Å². The molecule has 0 saturated carbocycles. The molecule has 10 heteroatoms. The Balaban J connectivity index is 1.71. The molecule has 1 unspecified atom stereocenters. The number of H-pyrrole nitrogens is 1. The first-order valence-electron chi connectivity index (χ1n) is 13.1.